The number of carbonyl (C=O) groups is 1. The molecule has 0 radical (unpaired) electrons. The van der Waals surface area contributed by atoms with Gasteiger partial charge in [-0.2, -0.15) is 0 Å². The predicted octanol–water partition coefficient (Wildman–Crippen LogP) is 2.22. The molecule has 0 atom stereocenters. The number of nitrogens with one attached hydrogen (secondary N) is 1. The first-order valence-electron chi connectivity index (χ1n) is 4.63. The van der Waals surface area contributed by atoms with Gasteiger partial charge in [0, 0.05) is 5.56 Å². The Labute approximate surface area is 90.8 Å². The summed E-state index contributed by atoms with van der Waals surface area (Å²) in [6.07, 6.45) is 1.21. The van der Waals surface area contributed by atoms with Crippen molar-refractivity contribution in [3.63, 3.8) is 0 Å². The lowest BCUT2D eigenvalue weighted by Crippen LogP contribution is -1.96. The molecule has 0 bridgehead atoms. The molecule has 2 aromatic rings. The van der Waals surface area contributed by atoms with Gasteiger partial charge < -0.3 is 10.1 Å². The van der Waals surface area contributed by atoms with Crippen LogP contribution in [0.5, 0.6) is 0 Å². The van der Waals surface area contributed by atoms with Gasteiger partial charge in [-0.05, 0) is 24.6 Å². The molecule has 0 aliphatic rings. The van der Waals surface area contributed by atoms with E-state index in [4.69, 9.17) is 5.11 Å². The van der Waals surface area contributed by atoms with Gasteiger partial charge in [0.25, 0.3) is 0 Å². The Balaban J connectivity index is 2.50. The minimum Gasteiger partial charge on any atom is -0.477 e. The van der Waals surface area contributed by atoms with Crippen LogP contribution in [0.2, 0.25) is 0 Å². The molecule has 16 heavy (non-hydrogen) atoms. The zero-order valence-electron chi connectivity index (χ0n) is 8.49. The normalized spacial score (nSPS) is 10.4. The van der Waals surface area contributed by atoms with Crippen LogP contribution in [-0.2, 0) is 0 Å². The number of rotatable bonds is 2. The SMILES string of the molecule is Cc1ccc(F)cc1-c1ncc(C(=O)O)[nH]1. The molecule has 0 aliphatic carbocycles. The second-order valence-electron chi connectivity index (χ2n) is 3.41. The zero-order valence-corrected chi connectivity index (χ0v) is 8.49. The first-order chi connectivity index (χ1) is 7.58. The van der Waals surface area contributed by atoms with Gasteiger partial charge in [-0.3, -0.25) is 0 Å². The molecule has 1 aromatic heterocycles. The lowest BCUT2D eigenvalue weighted by atomic mass is 10.1. The van der Waals surface area contributed by atoms with E-state index in [2.05, 4.69) is 9.97 Å². The van der Waals surface area contributed by atoms with E-state index in [9.17, 15) is 9.18 Å². The van der Waals surface area contributed by atoms with E-state index in [1.165, 1.54) is 18.3 Å². The number of aromatic nitrogens is 2. The van der Waals surface area contributed by atoms with Crippen LogP contribution in [0.1, 0.15) is 16.1 Å². The average Bonchev–Trinajstić information content (AvgIpc) is 2.70. The lowest BCUT2D eigenvalue weighted by Gasteiger charge is -2.01. The smallest absolute Gasteiger partial charge is 0.353 e. The molecule has 0 aliphatic heterocycles. The van der Waals surface area contributed by atoms with Crippen LogP contribution in [0.15, 0.2) is 24.4 Å². The third-order valence-corrected chi connectivity index (χ3v) is 2.26. The van der Waals surface area contributed by atoms with Gasteiger partial charge in [-0.1, -0.05) is 6.07 Å². The maximum atomic E-state index is 13.0. The number of nitrogens with zero attached hydrogens (tertiary/aromatic N) is 1. The monoisotopic (exact) mass is 220 g/mol. The fourth-order valence-electron chi connectivity index (χ4n) is 1.42. The number of aryl methyl sites for hydroxylation is 1. The van der Waals surface area contributed by atoms with Crippen molar-refractivity contribution in [1.82, 2.24) is 9.97 Å². The minimum atomic E-state index is -1.09. The Morgan fingerprint density at radius 2 is 2.25 bits per heavy atom. The number of halogens is 1. The summed E-state index contributed by atoms with van der Waals surface area (Å²) in [6.45, 7) is 1.80. The van der Waals surface area contributed by atoms with Gasteiger partial charge in [0.15, 0.2) is 0 Å². The summed E-state index contributed by atoms with van der Waals surface area (Å²) >= 11 is 0. The largest absolute Gasteiger partial charge is 0.477 e. The fourth-order valence-corrected chi connectivity index (χ4v) is 1.42. The summed E-state index contributed by atoms with van der Waals surface area (Å²) in [5.74, 6) is -1.11. The van der Waals surface area contributed by atoms with E-state index in [0.29, 0.717) is 11.4 Å². The third-order valence-electron chi connectivity index (χ3n) is 2.26. The van der Waals surface area contributed by atoms with Crippen molar-refractivity contribution in [3.8, 4) is 11.4 Å². The van der Waals surface area contributed by atoms with Crippen LogP contribution in [0.3, 0.4) is 0 Å². The number of imidazole rings is 1. The van der Waals surface area contributed by atoms with Crippen LogP contribution in [0.25, 0.3) is 11.4 Å². The number of hydrogen-bond acceptors (Lipinski definition) is 2. The summed E-state index contributed by atoms with van der Waals surface area (Å²) in [7, 11) is 0. The number of carboxylic acid groups (broad SMARTS) is 1. The van der Waals surface area contributed by atoms with Crippen molar-refractivity contribution in [1.29, 1.82) is 0 Å². The van der Waals surface area contributed by atoms with Gasteiger partial charge in [0.1, 0.15) is 17.3 Å². The average molecular weight is 220 g/mol. The molecule has 0 fully saturated rings. The zero-order chi connectivity index (χ0) is 11.7. The molecule has 0 amide bonds. The Morgan fingerprint density at radius 1 is 1.50 bits per heavy atom. The highest BCUT2D eigenvalue weighted by atomic mass is 19.1. The van der Waals surface area contributed by atoms with Crippen molar-refractivity contribution in [3.05, 3.63) is 41.5 Å². The van der Waals surface area contributed by atoms with Crippen LogP contribution in [-0.4, -0.2) is 21.0 Å². The number of aromatic carboxylic acids is 1. The molecule has 0 unspecified atom stereocenters. The molecule has 0 saturated heterocycles. The molecular formula is C11H9FN2O2. The number of carboxylic acids is 1. The molecule has 2 rings (SSSR count). The Kier molecular flexibility index (Phi) is 2.44. The second-order valence-corrected chi connectivity index (χ2v) is 3.41. The minimum absolute atomic E-state index is 0.0151. The topological polar surface area (TPSA) is 66.0 Å². The fraction of sp³-hybridized carbons (Fsp3) is 0.0909. The van der Waals surface area contributed by atoms with E-state index >= 15 is 0 Å². The van der Waals surface area contributed by atoms with Crippen molar-refractivity contribution in [2.75, 3.05) is 0 Å². The quantitative estimate of drug-likeness (QED) is 0.815. The van der Waals surface area contributed by atoms with Crippen LogP contribution in [0.4, 0.5) is 4.39 Å². The van der Waals surface area contributed by atoms with Crippen molar-refractivity contribution < 1.29 is 14.3 Å². The van der Waals surface area contributed by atoms with Crippen LogP contribution in [0, 0.1) is 12.7 Å². The lowest BCUT2D eigenvalue weighted by molar-refractivity contribution is 0.0691. The summed E-state index contributed by atoms with van der Waals surface area (Å²) in [5.41, 5.74) is 1.37. The summed E-state index contributed by atoms with van der Waals surface area (Å²) in [5, 5.41) is 8.72. The molecule has 82 valence electrons. The van der Waals surface area contributed by atoms with E-state index in [1.54, 1.807) is 13.0 Å². The third kappa shape index (κ3) is 1.79. The first-order valence-corrected chi connectivity index (χ1v) is 4.63. The Hall–Kier alpha value is -2.17. The molecule has 2 N–H and O–H groups in total. The number of hydrogen-bond donors (Lipinski definition) is 2. The van der Waals surface area contributed by atoms with E-state index in [1.807, 2.05) is 0 Å². The predicted molar refractivity (Wildman–Crippen MR) is 55.7 cm³/mol. The highest BCUT2D eigenvalue weighted by molar-refractivity contribution is 5.86. The van der Waals surface area contributed by atoms with Gasteiger partial charge in [0.2, 0.25) is 0 Å². The second kappa shape index (κ2) is 3.77. The summed E-state index contributed by atoms with van der Waals surface area (Å²) < 4.78 is 13.0. The summed E-state index contributed by atoms with van der Waals surface area (Å²) in [6, 6.07) is 4.29. The van der Waals surface area contributed by atoms with E-state index in [0.717, 1.165) is 5.56 Å². The summed E-state index contributed by atoms with van der Waals surface area (Å²) in [4.78, 5) is 17.2. The molecule has 5 heteroatoms. The van der Waals surface area contributed by atoms with Gasteiger partial charge in [-0.25, -0.2) is 14.2 Å². The van der Waals surface area contributed by atoms with Crippen molar-refractivity contribution in [2.24, 2.45) is 0 Å². The van der Waals surface area contributed by atoms with Gasteiger partial charge in [0.05, 0.1) is 6.20 Å². The molecule has 0 spiro atoms. The van der Waals surface area contributed by atoms with Gasteiger partial charge >= 0.3 is 5.97 Å². The number of aromatic amines is 1. The maximum absolute atomic E-state index is 13.0. The highest BCUT2D eigenvalue weighted by Gasteiger charge is 2.11. The molecular weight excluding hydrogens is 211 g/mol. The molecule has 4 nitrogen and oxygen atoms in total. The number of H-pyrrole nitrogens is 1. The standard InChI is InChI=1S/C11H9FN2O2/c1-6-2-3-7(12)4-8(6)10-13-5-9(14-10)11(15)16/h2-5H,1H3,(H,13,14)(H,15,16). The van der Waals surface area contributed by atoms with Gasteiger partial charge in [-0.15, -0.1) is 0 Å². The molecule has 0 saturated carbocycles. The Bertz CT molecular complexity index is 549. The number of benzene rings is 1. The van der Waals surface area contributed by atoms with E-state index < -0.39 is 5.97 Å². The maximum Gasteiger partial charge on any atom is 0.353 e. The molecule has 1 aromatic carbocycles. The van der Waals surface area contributed by atoms with Crippen molar-refractivity contribution >= 4 is 5.97 Å². The van der Waals surface area contributed by atoms with E-state index in [-0.39, 0.29) is 11.5 Å². The first kappa shape index (κ1) is 10.4. The highest BCUT2D eigenvalue weighted by Crippen LogP contribution is 2.21. The van der Waals surface area contributed by atoms with Crippen LogP contribution < -0.4 is 0 Å². The Morgan fingerprint density at radius 3 is 2.88 bits per heavy atom. The van der Waals surface area contributed by atoms with Crippen LogP contribution >= 0.6 is 0 Å². The van der Waals surface area contributed by atoms with Crippen molar-refractivity contribution in [2.45, 2.75) is 6.92 Å². The molecule has 1 heterocycles.